The molecule has 0 radical (unpaired) electrons. The molecule has 62 heavy (non-hydrogen) atoms. The van der Waals surface area contributed by atoms with Gasteiger partial charge in [-0.3, -0.25) is 0 Å². The van der Waals surface area contributed by atoms with E-state index in [2.05, 4.69) is 236 Å². The monoisotopic (exact) mass is 878 g/mol. The molecule has 0 heterocycles. The van der Waals surface area contributed by atoms with E-state index in [0.29, 0.717) is 7.25 Å². The van der Waals surface area contributed by atoms with Crippen LogP contribution >= 0.6 is 0 Å². The molecule has 0 unspecified atom stereocenters. The molecule has 0 fully saturated rings. The van der Waals surface area contributed by atoms with Crippen molar-refractivity contribution in [3.8, 4) is 33.4 Å². The molecule has 0 aromatic heterocycles. The second kappa shape index (κ2) is 16.3. The Hall–Kier alpha value is -5.49. The number of hydrogen-bond acceptors (Lipinski definition) is 0. The zero-order valence-corrected chi connectivity index (χ0v) is 39.5. The van der Waals surface area contributed by atoms with Gasteiger partial charge in [0.15, 0.2) is 0 Å². The molecule has 0 bridgehead atoms. The molecule has 0 aliphatic heterocycles. The molecular formula is C61H56Zr. The molecule has 10 rings (SSSR count). The van der Waals surface area contributed by atoms with E-state index in [1.807, 2.05) is 0 Å². The van der Waals surface area contributed by atoms with Gasteiger partial charge in [-0.2, -0.15) is 0 Å². The van der Waals surface area contributed by atoms with Crippen molar-refractivity contribution in [3.63, 3.8) is 0 Å². The summed E-state index contributed by atoms with van der Waals surface area (Å²) < 4.78 is 2.52. The Morgan fingerprint density at radius 1 is 0.419 bits per heavy atom. The number of benzene rings is 8. The van der Waals surface area contributed by atoms with Crippen molar-refractivity contribution >= 4 is 24.8 Å². The van der Waals surface area contributed by atoms with Gasteiger partial charge in [-0.1, -0.05) is 0 Å². The number of allylic oxidation sites excluding steroid dienone is 4. The predicted octanol–water partition coefficient (Wildman–Crippen LogP) is 16.2. The Bertz CT molecular complexity index is 2860. The van der Waals surface area contributed by atoms with Gasteiger partial charge in [0.1, 0.15) is 0 Å². The summed E-state index contributed by atoms with van der Waals surface area (Å²) in [5.41, 5.74) is 16.9. The Balaban J connectivity index is 1.34. The first kappa shape index (κ1) is 40.6. The van der Waals surface area contributed by atoms with Gasteiger partial charge >= 0.3 is 379 Å². The Morgan fingerprint density at radius 2 is 0.823 bits per heavy atom. The SMILES string of the molecule is CC(C)(C)c1cc2c(cc1-c1cccc3ccccc13)[CH]([Zr](=[C](Cc1ccccc1)Cc1ccccc1)[CH]1C=CC=C1)c1cc(-c3cccc4ccccc34)c(C(C)(C)C)cc1-2. The molecule has 304 valence electrons. The zero-order valence-electron chi connectivity index (χ0n) is 37.0. The molecule has 0 N–H and O–H groups in total. The van der Waals surface area contributed by atoms with Crippen molar-refractivity contribution in [2.24, 2.45) is 0 Å². The third kappa shape index (κ3) is 7.58. The molecule has 0 atom stereocenters. The first-order chi connectivity index (χ1) is 30.0. The van der Waals surface area contributed by atoms with Crippen LogP contribution in [0.4, 0.5) is 0 Å². The summed E-state index contributed by atoms with van der Waals surface area (Å²) >= 11 is -2.87. The van der Waals surface area contributed by atoms with Gasteiger partial charge < -0.3 is 0 Å². The molecule has 8 aromatic carbocycles. The molecule has 8 aromatic rings. The molecule has 1 heteroatoms. The predicted molar refractivity (Wildman–Crippen MR) is 264 cm³/mol. The Labute approximate surface area is 376 Å². The molecule has 0 saturated carbocycles. The topological polar surface area (TPSA) is 0 Å². The molecular weight excluding hydrogens is 824 g/mol. The van der Waals surface area contributed by atoms with Crippen LogP contribution in [0.3, 0.4) is 0 Å². The van der Waals surface area contributed by atoms with Crippen LogP contribution in [-0.2, 0) is 44.9 Å². The third-order valence-corrected chi connectivity index (χ3v) is 22.1. The molecule has 2 aliphatic carbocycles. The van der Waals surface area contributed by atoms with Crippen molar-refractivity contribution in [1.82, 2.24) is 0 Å². The molecule has 0 saturated heterocycles. The Morgan fingerprint density at radius 3 is 1.26 bits per heavy atom. The fourth-order valence-corrected chi connectivity index (χ4v) is 20.0. The molecule has 0 nitrogen and oxygen atoms in total. The van der Waals surface area contributed by atoms with E-state index < -0.39 is 21.3 Å². The van der Waals surface area contributed by atoms with Crippen LogP contribution in [0.15, 0.2) is 194 Å². The summed E-state index contributed by atoms with van der Waals surface area (Å²) in [6.45, 7) is 14.4. The standard InChI is InChI=1S/C41H37.C15H14.C5H5.Zr/c1-40(2,3)38-24-34-28(22-36(38)32-19-11-15-26-13-7-9-17-30(26)32)21-29-23-37(39(25-35(29)34)41(4,5)6)33-20-12-16-27-14-8-10-18-31(27)33;1-3-8-14(9-4-1)12-7-13-15-10-5-2-6-11-15;1-2-4-5-3-1;/h7-25H,1-6H3;1-6,8-11H,12-13H2;1-5H;. The summed E-state index contributed by atoms with van der Waals surface area (Å²) in [5.74, 6) is 0. The van der Waals surface area contributed by atoms with Gasteiger partial charge in [0.25, 0.3) is 0 Å². The molecule has 0 amide bonds. The summed E-state index contributed by atoms with van der Waals surface area (Å²) in [6, 6.07) is 65.0. The van der Waals surface area contributed by atoms with Crippen LogP contribution in [0.1, 0.15) is 78.5 Å². The summed E-state index contributed by atoms with van der Waals surface area (Å²) in [4.78, 5) is 0. The fourth-order valence-electron chi connectivity index (χ4n) is 10.5. The van der Waals surface area contributed by atoms with Crippen molar-refractivity contribution in [1.29, 1.82) is 0 Å². The number of fused-ring (bicyclic) bond motifs is 5. The van der Waals surface area contributed by atoms with E-state index in [4.69, 9.17) is 0 Å². The average molecular weight is 880 g/mol. The first-order valence-electron chi connectivity index (χ1n) is 22.5. The number of hydrogen-bond donors (Lipinski definition) is 0. The van der Waals surface area contributed by atoms with Crippen molar-refractivity contribution < 1.29 is 21.3 Å². The van der Waals surface area contributed by atoms with Crippen LogP contribution in [0, 0.1) is 0 Å². The molecule has 2 aliphatic rings. The van der Waals surface area contributed by atoms with Gasteiger partial charge in [0.05, 0.1) is 0 Å². The van der Waals surface area contributed by atoms with Crippen molar-refractivity contribution in [2.45, 2.75) is 72.5 Å². The van der Waals surface area contributed by atoms with Crippen LogP contribution in [0.5, 0.6) is 0 Å². The number of rotatable bonds is 8. The average Bonchev–Trinajstić information content (AvgIpc) is 3.92. The van der Waals surface area contributed by atoms with Crippen molar-refractivity contribution in [3.05, 3.63) is 228 Å². The second-order valence-corrected chi connectivity index (χ2v) is 26.7. The maximum atomic E-state index is 2.70. The minimum atomic E-state index is -2.87. The van der Waals surface area contributed by atoms with Gasteiger partial charge in [-0.05, 0) is 0 Å². The third-order valence-electron chi connectivity index (χ3n) is 13.4. The van der Waals surface area contributed by atoms with E-state index in [1.54, 1.807) is 3.21 Å². The van der Waals surface area contributed by atoms with Crippen LogP contribution in [-0.4, -0.2) is 3.21 Å². The van der Waals surface area contributed by atoms with Gasteiger partial charge in [-0.15, -0.1) is 0 Å². The zero-order chi connectivity index (χ0) is 42.6. The maximum absolute atomic E-state index is 2.87. The second-order valence-electron chi connectivity index (χ2n) is 19.6. The molecule has 0 spiro atoms. The fraction of sp³-hybridized carbons (Fsp3) is 0.197. The first-order valence-corrected chi connectivity index (χ1v) is 26.6. The summed E-state index contributed by atoms with van der Waals surface area (Å²) in [7, 11) is 0. The normalized spacial score (nSPS) is 13.8. The minimum absolute atomic E-state index is 0.0777. The summed E-state index contributed by atoms with van der Waals surface area (Å²) in [6.07, 6.45) is 11.8. The quantitative estimate of drug-likeness (QED) is 0.143. The van der Waals surface area contributed by atoms with E-state index in [1.165, 1.54) is 88.3 Å². The Kier molecular flexibility index (Phi) is 10.7. The van der Waals surface area contributed by atoms with E-state index >= 15 is 0 Å². The van der Waals surface area contributed by atoms with Crippen LogP contribution < -0.4 is 0 Å². The van der Waals surface area contributed by atoms with Gasteiger partial charge in [-0.25, -0.2) is 0 Å². The van der Waals surface area contributed by atoms with E-state index in [0.717, 1.165) is 12.8 Å². The van der Waals surface area contributed by atoms with E-state index in [-0.39, 0.29) is 10.8 Å². The van der Waals surface area contributed by atoms with E-state index in [9.17, 15) is 0 Å². The van der Waals surface area contributed by atoms with Crippen molar-refractivity contribution in [2.75, 3.05) is 0 Å². The van der Waals surface area contributed by atoms with Crippen LogP contribution in [0.25, 0.3) is 54.9 Å². The van der Waals surface area contributed by atoms with Gasteiger partial charge in [0, 0.05) is 0 Å². The van der Waals surface area contributed by atoms with Gasteiger partial charge in [0.2, 0.25) is 0 Å². The van der Waals surface area contributed by atoms with Crippen LogP contribution in [0.2, 0.25) is 3.63 Å². The summed E-state index contributed by atoms with van der Waals surface area (Å²) in [5, 5.41) is 5.22.